The SMILES string of the molecule is CC1(C)c2ccccc2N(c2ccccc2)c2ccc(-c3ccc(C#N)c4nsnc34)cc21. The van der Waals surface area contributed by atoms with Gasteiger partial charge >= 0.3 is 0 Å². The van der Waals surface area contributed by atoms with Gasteiger partial charge < -0.3 is 4.90 Å². The van der Waals surface area contributed by atoms with Gasteiger partial charge in [0.25, 0.3) is 0 Å². The molecule has 1 aliphatic rings. The molecule has 0 aliphatic carbocycles. The molecule has 2 heterocycles. The molecule has 0 amide bonds. The zero-order valence-corrected chi connectivity index (χ0v) is 19.1. The van der Waals surface area contributed by atoms with Gasteiger partial charge in [-0.05, 0) is 53.1 Å². The Bertz CT molecular complexity index is 1560. The van der Waals surface area contributed by atoms with Crippen LogP contribution in [0.3, 0.4) is 0 Å². The Morgan fingerprint density at radius 1 is 0.788 bits per heavy atom. The Hall–Kier alpha value is -4.01. The number of aromatic nitrogens is 2. The zero-order chi connectivity index (χ0) is 22.6. The molecule has 0 spiro atoms. The van der Waals surface area contributed by atoms with Crippen molar-refractivity contribution in [2.24, 2.45) is 0 Å². The third kappa shape index (κ3) is 2.88. The summed E-state index contributed by atoms with van der Waals surface area (Å²) in [6.07, 6.45) is 0. The van der Waals surface area contributed by atoms with Crippen LogP contribution in [0.2, 0.25) is 0 Å². The summed E-state index contributed by atoms with van der Waals surface area (Å²) in [5.74, 6) is 0. The second-order valence-electron chi connectivity index (χ2n) is 8.78. The average molecular weight is 445 g/mol. The van der Waals surface area contributed by atoms with Gasteiger partial charge in [0.05, 0.1) is 28.7 Å². The Labute approximate surface area is 196 Å². The van der Waals surface area contributed by atoms with Gasteiger partial charge in [-0.3, -0.25) is 0 Å². The quantitative estimate of drug-likeness (QED) is 0.286. The second-order valence-corrected chi connectivity index (χ2v) is 9.31. The molecule has 1 aromatic heterocycles. The summed E-state index contributed by atoms with van der Waals surface area (Å²) in [5, 5.41) is 9.45. The highest BCUT2D eigenvalue weighted by Crippen LogP contribution is 2.52. The maximum atomic E-state index is 9.45. The fraction of sp³-hybridized carbons (Fsp3) is 0.107. The lowest BCUT2D eigenvalue weighted by Crippen LogP contribution is -2.30. The molecule has 0 saturated heterocycles. The highest BCUT2D eigenvalue weighted by Gasteiger charge is 2.37. The summed E-state index contributed by atoms with van der Waals surface area (Å²) >= 11 is 1.15. The molecule has 4 nitrogen and oxygen atoms in total. The first-order valence-electron chi connectivity index (χ1n) is 10.8. The van der Waals surface area contributed by atoms with Gasteiger partial charge in [0.2, 0.25) is 0 Å². The van der Waals surface area contributed by atoms with E-state index >= 15 is 0 Å². The Kier molecular flexibility index (Phi) is 4.33. The van der Waals surface area contributed by atoms with Crippen molar-refractivity contribution >= 4 is 39.8 Å². The number of nitrogens with zero attached hydrogens (tertiary/aromatic N) is 4. The lowest BCUT2D eigenvalue weighted by molar-refractivity contribution is 0.632. The van der Waals surface area contributed by atoms with Gasteiger partial charge in [0.1, 0.15) is 17.1 Å². The number of para-hydroxylation sites is 2. The van der Waals surface area contributed by atoms with E-state index in [4.69, 9.17) is 0 Å². The number of fused-ring (bicyclic) bond motifs is 3. The summed E-state index contributed by atoms with van der Waals surface area (Å²) < 4.78 is 8.89. The summed E-state index contributed by atoms with van der Waals surface area (Å²) in [6, 6.07) is 31.9. The van der Waals surface area contributed by atoms with Crippen LogP contribution in [0.15, 0.2) is 84.9 Å². The van der Waals surface area contributed by atoms with E-state index in [1.165, 1.54) is 22.5 Å². The summed E-state index contributed by atoms with van der Waals surface area (Å²) in [7, 11) is 0. The molecule has 6 rings (SSSR count). The normalized spacial score (nSPS) is 13.9. The van der Waals surface area contributed by atoms with Crippen molar-refractivity contribution in [1.82, 2.24) is 8.75 Å². The molecule has 158 valence electrons. The molecule has 5 aromatic rings. The van der Waals surface area contributed by atoms with E-state index in [1.54, 1.807) is 0 Å². The van der Waals surface area contributed by atoms with Crippen LogP contribution in [-0.4, -0.2) is 8.75 Å². The van der Waals surface area contributed by atoms with Crippen LogP contribution in [0, 0.1) is 11.3 Å². The summed E-state index contributed by atoms with van der Waals surface area (Å²) in [6.45, 7) is 4.57. The van der Waals surface area contributed by atoms with Crippen molar-refractivity contribution in [2.75, 3.05) is 4.90 Å². The molecular formula is C28H20N4S. The van der Waals surface area contributed by atoms with Gasteiger partial charge in [-0.2, -0.15) is 14.0 Å². The lowest BCUT2D eigenvalue weighted by atomic mass is 9.73. The van der Waals surface area contributed by atoms with Crippen molar-refractivity contribution in [2.45, 2.75) is 19.3 Å². The number of benzene rings is 4. The van der Waals surface area contributed by atoms with Crippen molar-refractivity contribution in [3.63, 3.8) is 0 Å². The van der Waals surface area contributed by atoms with Crippen molar-refractivity contribution in [1.29, 1.82) is 5.26 Å². The van der Waals surface area contributed by atoms with E-state index < -0.39 is 0 Å². The maximum Gasteiger partial charge on any atom is 0.123 e. The summed E-state index contributed by atoms with van der Waals surface area (Å²) in [5.41, 5.74) is 9.98. The first-order valence-corrected chi connectivity index (χ1v) is 11.6. The highest BCUT2D eigenvalue weighted by molar-refractivity contribution is 7.00. The molecule has 5 heteroatoms. The fourth-order valence-corrected chi connectivity index (χ4v) is 5.49. The molecule has 33 heavy (non-hydrogen) atoms. The Morgan fingerprint density at radius 2 is 1.52 bits per heavy atom. The largest absolute Gasteiger partial charge is 0.310 e. The molecule has 0 N–H and O–H groups in total. The highest BCUT2D eigenvalue weighted by atomic mass is 32.1. The average Bonchev–Trinajstić information content (AvgIpc) is 3.34. The monoisotopic (exact) mass is 444 g/mol. The van der Waals surface area contributed by atoms with Gasteiger partial charge in [-0.1, -0.05) is 62.4 Å². The van der Waals surface area contributed by atoms with Crippen molar-refractivity contribution in [3.05, 3.63) is 102 Å². The molecule has 0 unspecified atom stereocenters. The zero-order valence-electron chi connectivity index (χ0n) is 18.3. The van der Waals surface area contributed by atoms with Gasteiger partial charge in [0, 0.05) is 16.7 Å². The van der Waals surface area contributed by atoms with E-state index in [-0.39, 0.29) is 5.41 Å². The molecular weight excluding hydrogens is 424 g/mol. The first-order chi connectivity index (χ1) is 16.1. The van der Waals surface area contributed by atoms with Gasteiger partial charge in [-0.25, -0.2) is 0 Å². The van der Waals surface area contributed by atoms with E-state index in [0.717, 1.165) is 34.1 Å². The minimum atomic E-state index is -0.181. The Balaban J connectivity index is 1.61. The predicted octanol–water partition coefficient (Wildman–Crippen LogP) is 7.34. The van der Waals surface area contributed by atoms with Crippen LogP contribution in [-0.2, 0) is 5.41 Å². The van der Waals surface area contributed by atoms with Crippen LogP contribution in [0.4, 0.5) is 17.1 Å². The minimum Gasteiger partial charge on any atom is -0.310 e. The van der Waals surface area contributed by atoms with Crippen LogP contribution in [0.5, 0.6) is 0 Å². The topological polar surface area (TPSA) is 52.8 Å². The van der Waals surface area contributed by atoms with Crippen LogP contribution >= 0.6 is 11.7 Å². The number of anilines is 3. The number of nitriles is 1. The molecule has 0 saturated carbocycles. The molecule has 1 aliphatic heterocycles. The van der Waals surface area contributed by atoms with Crippen molar-refractivity contribution < 1.29 is 0 Å². The molecule has 0 fully saturated rings. The lowest BCUT2D eigenvalue weighted by Gasteiger charge is -2.42. The van der Waals surface area contributed by atoms with Crippen LogP contribution in [0.25, 0.3) is 22.2 Å². The van der Waals surface area contributed by atoms with E-state index in [9.17, 15) is 5.26 Å². The van der Waals surface area contributed by atoms with E-state index in [0.29, 0.717) is 11.1 Å². The predicted molar refractivity (Wildman–Crippen MR) is 134 cm³/mol. The van der Waals surface area contributed by atoms with Crippen LogP contribution in [0.1, 0.15) is 30.5 Å². The van der Waals surface area contributed by atoms with Gasteiger partial charge in [0.15, 0.2) is 0 Å². The van der Waals surface area contributed by atoms with Crippen molar-refractivity contribution in [3.8, 4) is 17.2 Å². The number of rotatable bonds is 2. The standard InChI is InChI=1S/C28H20N4S/c1-28(2)22-10-6-7-11-24(22)32(20-8-4-3-5-9-20)25-15-13-18(16-23(25)28)21-14-12-19(17-29)26-27(21)31-33-30-26/h3-16H,1-2H3. The van der Waals surface area contributed by atoms with E-state index in [1.807, 2.05) is 18.2 Å². The third-order valence-corrected chi connectivity index (χ3v) is 7.12. The first kappa shape index (κ1) is 19.7. The molecule has 4 aromatic carbocycles. The van der Waals surface area contributed by atoms with Gasteiger partial charge in [-0.15, -0.1) is 0 Å². The smallest absolute Gasteiger partial charge is 0.123 e. The summed E-state index contributed by atoms with van der Waals surface area (Å²) in [4.78, 5) is 2.35. The van der Waals surface area contributed by atoms with Crippen LogP contribution < -0.4 is 4.90 Å². The number of hydrogen-bond acceptors (Lipinski definition) is 5. The fourth-order valence-electron chi connectivity index (χ4n) is 4.92. The second kappa shape index (κ2) is 7.26. The molecule has 0 bridgehead atoms. The maximum absolute atomic E-state index is 9.45. The number of hydrogen-bond donors (Lipinski definition) is 0. The molecule has 0 radical (unpaired) electrons. The third-order valence-electron chi connectivity index (χ3n) is 6.59. The van der Waals surface area contributed by atoms with E-state index in [2.05, 4.69) is 100 Å². The molecule has 0 atom stereocenters. The minimum absolute atomic E-state index is 0.181. The Morgan fingerprint density at radius 3 is 2.33 bits per heavy atom.